The Bertz CT molecular complexity index is 412. The van der Waals surface area contributed by atoms with Gasteiger partial charge in [0.25, 0.3) is 0 Å². The number of hydrogen-bond donors (Lipinski definition) is 1. The highest BCUT2D eigenvalue weighted by Gasteiger charge is 2.12. The van der Waals surface area contributed by atoms with E-state index in [0.717, 1.165) is 30.9 Å². The average molecular weight is 287 g/mol. The molecule has 0 aliphatic rings. The van der Waals surface area contributed by atoms with Crippen LogP contribution in [0.2, 0.25) is 5.02 Å². The molecule has 3 nitrogen and oxygen atoms in total. The van der Waals surface area contributed by atoms with Crippen molar-refractivity contribution in [1.82, 2.24) is 0 Å². The second-order valence-electron chi connectivity index (χ2n) is 3.80. The van der Waals surface area contributed by atoms with Gasteiger partial charge in [0.1, 0.15) is 4.99 Å². The van der Waals surface area contributed by atoms with Crippen LogP contribution in [0.1, 0.15) is 19.4 Å². The molecular weight excluding hydrogens is 268 g/mol. The molecular formula is C13H19ClN2OS. The van der Waals surface area contributed by atoms with Gasteiger partial charge in [0.05, 0.1) is 6.61 Å². The minimum absolute atomic E-state index is 0.386. The van der Waals surface area contributed by atoms with Crippen molar-refractivity contribution in [2.75, 3.05) is 31.2 Å². The van der Waals surface area contributed by atoms with Gasteiger partial charge in [0, 0.05) is 36.0 Å². The van der Waals surface area contributed by atoms with Crippen molar-refractivity contribution in [1.29, 1.82) is 0 Å². The van der Waals surface area contributed by atoms with E-state index in [1.54, 1.807) is 6.07 Å². The van der Waals surface area contributed by atoms with Crippen molar-refractivity contribution < 1.29 is 4.74 Å². The van der Waals surface area contributed by atoms with Crippen LogP contribution >= 0.6 is 23.8 Å². The molecule has 1 rings (SSSR count). The Balaban J connectivity index is 2.95. The maximum absolute atomic E-state index is 6.04. The summed E-state index contributed by atoms with van der Waals surface area (Å²) in [6.45, 7) is 7.10. The molecule has 0 aliphatic heterocycles. The standard InChI is InChI=1S/C13H19ClN2OS/c1-3-16(7-8-17-4-2)12-9-10(14)5-6-11(12)13(15)18/h5-6,9H,3-4,7-8H2,1-2H3,(H2,15,18). The SMILES string of the molecule is CCOCCN(CC)c1cc(Cl)ccc1C(N)=S. The van der Waals surface area contributed by atoms with Gasteiger partial charge >= 0.3 is 0 Å². The number of thiocarbonyl (C=S) groups is 1. The van der Waals surface area contributed by atoms with Crippen molar-refractivity contribution in [2.24, 2.45) is 5.73 Å². The molecule has 1 aromatic carbocycles. The molecule has 0 aromatic heterocycles. The van der Waals surface area contributed by atoms with Crippen molar-refractivity contribution in [3.63, 3.8) is 0 Å². The van der Waals surface area contributed by atoms with Crippen molar-refractivity contribution in [2.45, 2.75) is 13.8 Å². The van der Waals surface area contributed by atoms with E-state index in [2.05, 4.69) is 11.8 Å². The Labute approximate surface area is 119 Å². The van der Waals surface area contributed by atoms with Crippen molar-refractivity contribution in [3.05, 3.63) is 28.8 Å². The summed E-state index contributed by atoms with van der Waals surface area (Å²) in [7, 11) is 0. The Morgan fingerprint density at radius 1 is 1.44 bits per heavy atom. The molecule has 0 atom stereocenters. The van der Waals surface area contributed by atoms with Crippen molar-refractivity contribution >= 4 is 34.5 Å². The fraction of sp³-hybridized carbons (Fsp3) is 0.462. The summed E-state index contributed by atoms with van der Waals surface area (Å²) in [5.74, 6) is 0. The van der Waals surface area contributed by atoms with E-state index in [1.165, 1.54) is 0 Å². The lowest BCUT2D eigenvalue weighted by Crippen LogP contribution is -2.29. The van der Waals surface area contributed by atoms with E-state index >= 15 is 0 Å². The van der Waals surface area contributed by atoms with Gasteiger partial charge in [0.15, 0.2) is 0 Å². The summed E-state index contributed by atoms with van der Waals surface area (Å²) in [5, 5.41) is 0.680. The number of nitrogens with zero attached hydrogens (tertiary/aromatic N) is 1. The van der Waals surface area contributed by atoms with E-state index in [9.17, 15) is 0 Å². The summed E-state index contributed by atoms with van der Waals surface area (Å²) >= 11 is 11.1. The number of ether oxygens (including phenoxy) is 1. The number of rotatable bonds is 7. The Morgan fingerprint density at radius 3 is 2.72 bits per heavy atom. The molecule has 0 saturated heterocycles. The number of hydrogen-bond acceptors (Lipinski definition) is 3. The molecule has 5 heteroatoms. The van der Waals surface area contributed by atoms with Gasteiger partial charge in [-0.25, -0.2) is 0 Å². The van der Waals surface area contributed by atoms with E-state index in [1.807, 2.05) is 19.1 Å². The van der Waals surface area contributed by atoms with Gasteiger partial charge in [0.2, 0.25) is 0 Å². The highest BCUT2D eigenvalue weighted by Crippen LogP contribution is 2.24. The van der Waals surface area contributed by atoms with Gasteiger partial charge < -0.3 is 15.4 Å². The summed E-state index contributed by atoms with van der Waals surface area (Å²) in [5.41, 5.74) is 7.57. The molecule has 0 spiro atoms. The second kappa shape index (κ2) is 7.56. The highest BCUT2D eigenvalue weighted by atomic mass is 35.5. The number of benzene rings is 1. The van der Waals surface area contributed by atoms with Gasteiger partial charge in [-0.05, 0) is 32.0 Å². The third-order valence-corrected chi connectivity index (χ3v) is 3.11. The van der Waals surface area contributed by atoms with Crippen LogP contribution in [0.5, 0.6) is 0 Å². The molecule has 0 fully saturated rings. The lowest BCUT2D eigenvalue weighted by atomic mass is 10.1. The van der Waals surface area contributed by atoms with Crippen LogP contribution in [0, 0.1) is 0 Å². The largest absolute Gasteiger partial charge is 0.389 e. The molecule has 1 aromatic rings. The minimum atomic E-state index is 0.386. The van der Waals surface area contributed by atoms with E-state index in [0.29, 0.717) is 16.6 Å². The van der Waals surface area contributed by atoms with Crippen LogP contribution in [-0.4, -0.2) is 31.3 Å². The third kappa shape index (κ3) is 4.12. The number of anilines is 1. The lowest BCUT2D eigenvalue weighted by Gasteiger charge is -2.25. The predicted molar refractivity (Wildman–Crippen MR) is 81.7 cm³/mol. The summed E-state index contributed by atoms with van der Waals surface area (Å²) in [4.78, 5) is 2.55. The quantitative estimate of drug-likeness (QED) is 0.618. The van der Waals surface area contributed by atoms with Crippen LogP contribution in [0.4, 0.5) is 5.69 Å². The Kier molecular flexibility index (Phi) is 6.39. The zero-order valence-corrected chi connectivity index (χ0v) is 12.4. The van der Waals surface area contributed by atoms with Crippen LogP contribution in [0.3, 0.4) is 0 Å². The maximum atomic E-state index is 6.04. The normalized spacial score (nSPS) is 10.4. The molecule has 18 heavy (non-hydrogen) atoms. The summed E-state index contributed by atoms with van der Waals surface area (Å²) < 4.78 is 5.38. The third-order valence-electron chi connectivity index (χ3n) is 2.66. The van der Waals surface area contributed by atoms with E-state index in [4.69, 9.17) is 34.3 Å². The fourth-order valence-corrected chi connectivity index (χ4v) is 2.08. The minimum Gasteiger partial charge on any atom is -0.389 e. The first-order chi connectivity index (χ1) is 8.60. The monoisotopic (exact) mass is 286 g/mol. The first-order valence-electron chi connectivity index (χ1n) is 6.02. The summed E-state index contributed by atoms with van der Waals surface area (Å²) in [6, 6.07) is 5.56. The topological polar surface area (TPSA) is 38.5 Å². The van der Waals surface area contributed by atoms with E-state index in [-0.39, 0.29) is 0 Å². The van der Waals surface area contributed by atoms with Crippen LogP contribution < -0.4 is 10.6 Å². The zero-order chi connectivity index (χ0) is 13.5. The second-order valence-corrected chi connectivity index (χ2v) is 4.68. The van der Waals surface area contributed by atoms with Gasteiger partial charge in [-0.15, -0.1) is 0 Å². The number of halogens is 1. The molecule has 0 radical (unpaired) electrons. The predicted octanol–water partition coefficient (Wildman–Crippen LogP) is 2.84. The molecule has 2 N–H and O–H groups in total. The van der Waals surface area contributed by atoms with Gasteiger partial charge in [-0.2, -0.15) is 0 Å². The Hall–Kier alpha value is -0.840. The van der Waals surface area contributed by atoms with Crippen molar-refractivity contribution in [3.8, 4) is 0 Å². The fourth-order valence-electron chi connectivity index (χ4n) is 1.74. The van der Waals surface area contributed by atoms with Gasteiger partial charge in [-0.3, -0.25) is 0 Å². The summed E-state index contributed by atoms with van der Waals surface area (Å²) in [6.07, 6.45) is 0. The maximum Gasteiger partial charge on any atom is 0.106 e. The molecule has 0 heterocycles. The smallest absolute Gasteiger partial charge is 0.106 e. The average Bonchev–Trinajstić information content (AvgIpc) is 2.34. The number of nitrogens with two attached hydrogens (primary N) is 1. The van der Waals surface area contributed by atoms with Crippen LogP contribution in [0.15, 0.2) is 18.2 Å². The molecule has 0 unspecified atom stereocenters. The molecule has 0 bridgehead atoms. The molecule has 0 saturated carbocycles. The molecule has 0 amide bonds. The zero-order valence-electron chi connectivity index (χ0n) is 10.8. The Morgan fingerprint density at radius 2 is 2.17 bits per heavy atom. The van der Waals surface area contributed by atoms with Crippen LogP contribution in [0.25, 0.3) is 0 Å². The van der Waals surface area contributed by atoms with Gasteiger partial charge in [-0.1, -0.05) is 23.8 Å². The lowest BCUT2D eigenvalue weighted by molar-refractivity contribution is 0.154. The highest BCUT2D eigenvalue weighted by molar-refractivity contribution is 7.80. The first-order valence-corrected chi connectivity index (χ1v) is 6.80. The van der Waals surface area contributed by atoms with Crippen LogP contribution in [-0.2, 0) is 4.74 Å². The molecule has 0 aliphatic carbocycles. The van der Waals surface area contributed by atoms with E-state index < -0.39 is 0 Å². The first kappa shape index (κ1) is 15.2. The number of likely N-dealkylation sites (N-methyl/N-ethyl adjacent to an activating group) is 1. The molecule has 100 valence electrons.